The van der Waals surface area contributed by atoms with Gasteiger partial charge in [-0.15, -0.1) is 0 Å². The van der Waals surface area contributed by atoms with E-state index >= 15 is 0 Å². The second kappa shape index (κ2) is 7.60. The third-order valence-electron chi connectivity index (χ3n) is 4.33. The number of carbonyl (C=O) groups is 2. The molecule has 0 heterocycles. The molecular formula is C21H22O5. The van der Waals surface area contributed by atoms with Crippen LogP contribution in [-0.4, -0.2) is 30.1 Å². The molecule has 1 N–H and O–H groups in total. The second-order valence-electron chi connectivity index (χ2n) is 6.85. The maximum atomic E-state index is 11.2. The zero-order valence-electron chi connectivity index (χ0n) is 14.8. The quantitative estimate of drug-likeness (QED) is 0.724. The van der Waals surface area contributed by atoms with E-state index in [1.807, 2.05) is 50.2 Å². The van der Waals surface area contributed by atoms with E-state index in [2.05, 4.69) is 0 Å². The minimum atomic E-state index is -0.747. The van der Waals surface area contributed by atoms with Crippen molar-refractivity contribution in [2.45, 2.75) is 26.4 Å². The zero-order chi connectivity index (χ0) is 18.7. The second-order valence-corrected chi connectivity index (χ2v) is 6.85. The van der Waals surface area contributed by atoms with Crippen LogP contribution in [0.25, 0.3) is 11.1 Å². The summed E-state index contributed by atoms with van der Waals surface area (Å²) in [6.45, 7) is 4.30. The van der Waals surface area contributed by atoms with Crippen LogP contribution in [0, 0.1) is 11.8 Å². The van der Waals surface area contributed by atoms with Gasteiger partial charge < -0.3 is 14.6 Å². The molecule has 26 heavy (non-hydrogen) atoms. The maximum absolute atomic E-state index is 11.2. The van der Waals surface area contributed by atoms with E-state index in [0.717, 1.165) is 17.4 Å². The van der Waals surface area contributed by atoms with Crippen LogP contribution >= 0.6 is 0 Å². The Labute approximate surface area is 152 Å². The number of carboxylic acid groups (broad SMARTS) is 1. The number of rotatable bonds is 8. The topological polar surface area (TPSA) is 72.8 Å². The smallest absolute Gasteiger partial charge is 0.306 e. The number of hydrogen-bond acceptors (Lipinski definition) is 4. The highest BCUT2D eigenvalue weighted by molar-refractivity contribution is 5.80. The fourth-order valence-electron chi connectivity index (χ4n) is 2.88. The van der Waals surface area contributed by atoms with Gasteiger partial charge in [0.15, 0.2) is 0 Å². The fraction of sp³-hybridized carbons (Fsp3) is 0.333. The lowest BCUT2D eigenvalue weighted by Crippen LogP contribution is -2.06. The summed E-state index contributed by atoms with van der Waals surface area (Å²) in [7, 11) is 0. The van der Waals surface area contributed by atoms with Crippen LogP contribution in [0.5, 0.6) is 11.5 Å². The number of aldehydes is 1. The van der Waals surface area contributed by atoms with Crippen LogP contribution in [0.15, 0.2) is 42.5 Å². The van der Waals surface area contributed by atoms with E-state index in [0.29, 0.717) is 30.1 Å². The Balaban J connectivity index is 1.69. The van der Waals surface area contributed by atoms with Crippen LogP contribution in [-0.2, 0) is 4.79 Å². The molecule has 2 aromatic rings. The lowest BCUT2D eigenvalue weighted by atomic mass is 10.0. The monoisotopic (exact) mass is 354 g/mol. The third kappa shape index (κ3) is 4.42. The summed E-state index contributed by atoms with van der Waals surface area (Å²) in [5.74, 6) is 0.457. The maximum Gasteiger partial charge on any atom is 0.306 e. The molecular weight excluding hydrogens is 332 g/mol. The van der Waals surface area contributed by atoms with Gasteiger partial charge in [-0.2, -0.15) is 0 Å². The van der Waals surface area contributed by atoms with Crippen molar-refractivity contribution in [3.63, 3.8) is 0 Å². The summed E-state index contributed by atoms with van der Waals surface area (Å²) in [6.07, 6.45) is 1.52. The predicted molar refractivity (Wildman–Crippen MR) is 97.8 cm³/mol. The first-order chi connectivity index (χ1) is 12.5. The van der Waals surface area contributed by atoms with Crippen molar-refractivity contribution in [2.75, 3.05) is 6.61 Å². The third-order valence-corrected chi connectivity index (χ3v) is 4.33. The Kier molecular flexibility index (Phi) is 5.26. The summed E-state index contributed by atoms with van der Waals surface area (Å²) in [5.41, 5.74) is 2.40. The van der Waals surface area contributed by atoms with Gasteiger partial charge in [0, 0.05) is 11.5 Å². The molecule has 1 fully saturated rings. The molecule has 0 aliphatic heterocycles. The van der Waals surface area contributed by atoms with Crippen molar-refractivity contribution < 1.29 is 24.2 Å². The first-order valence-electron chi connectivity index (χ1n) is 8.69. The van der Waals surface area contributed by atoms with Gasteiger partial charge in [0.25, 0.3) is 0 Å². The van der Waals surface area contributed by atoms with E-state index in [9.17, 15) is 9.59 Å². The molecule has 0 radical (unpaired) electrons. The summed E-state index contributed by atoms with van der Waals surface area (Å²) in [6, 6.07) is 13.0. The standard InChI is InChI=1S/C21H22O5/c1-13(2)26-19-8-14(11-22)7-16(9-19)15-3-5-18(6-4-15)25-12-17-10-20(17)21(23)24/h3-9,11,13,17,20H,10,12H2,1-2H3,(H,23,24). The number of aliphatic carboxylic acids is 1. The summed E-state index contributed by atoms with van der Waals surface area (Å²) >= 11 is 0. The fourth-order valence-corrected chi connectivity index (χ4v) is 2.88. The number of carboxylic acids is 1. The Morgan fingerprint density at radius 1 is 1.15 bits per heavy atom. The van der Waals surface area contributed by atoms with Crippen molar-refractivity contribution in [1.29, 1.82) is 0 Å². The number of benzene rings is 2. The molecule has 0 amide bonds. The molecule has 0 spiro atoms. The van der Waals surface area contributed by atoms with Gasteiger partial charge in [0.05, 0.1) is 18.6 Å². The number of carbonyl (C=O) groups excluding carboxylic acids is 1. The van der Waals surface area contributed by atoms with Crippen molar-refractivity contribution in [2.24, 2.45) is 11.8 Å². The van der Waals surface area contributed by atoms with Crippen LogP contribution < -0.4 is 9.47 Å². The van der Waals surface area contributed by atoms with E-state index in [1.54, 1.807) is 6.07 Å². The van der Waals surface area contributed by atoms with Gasteiger partial charge in [-0.3, -0.25) is 9.59 Å². The van der Waals surface area contributed by atoms with E-state index in [-0.39, 0.29) is 17.9 Å². The van der Waals surface area contributed by atoms with Gasteiger partial charge in [0.1, 0.15) is 17.8 Å². The molecule has 0 aromatic heterocycles. The Hall–Kier alpha value is -2.82. The molecule has 1 aliphatic rings. The minimum Gasteiger partial charge on any atom is -0.493 e. The molecule has 3 rings (SSSR count). The minimum absolute atomic E-state index is 0.0255. The molecule has 2 atom stereocenters. The first kappa shape index (κ1) is 18.0. The highest BCUT2D eigenvalue weighted by Crippen LogP contribution is 2.39. The van der Waals surface area contributed by atoms with E-state index in [4.69, 9.17) is 14.6 Å². The normalized spacial score (nSPS) is 18.4. The molecule has 5 nitrogen and oxygen atoms in total. The van der Waals surface area contributed by atoms with Crippen LogP contribution in [0.2, 0.25) is 0 Å². The molecule has 0 bridgehead atoms. The van der Waals surface area contributed by atoms with Gasteiger partial charge in [-0.05, 0) is 61.7 Å². The van der Waals surface area contributed by atoms with Crippen molar-refractivity contribution in [3.8, 4) is 22.6 Å². The summed E-state index contributed by atoms with van der Waals surface area (Å²) in [5, 5.41) is 8.91. The lowest BCUT2D eigenvalue weighted by Gasteiger charge is -2.12. The van der Waals surface area contributed by atoms with E-state index < -0.39 is 5.97 Å². The van der Waals surface area contributed by atoms with E-state index in [1.165, 1.54) is 0 Å². The highest BCUT2D eigenvalue weighted by Gasteiger charge is 2.43. The predicted octanol–water partition coefficient (Wildman–Crippen LogP) is 4.05. The number of hydrogen-bond donors (Lipinski definition) is 1. The summed E-state index contributed by atoms with van der Waals surface area (Å²) < 4.78 is 11.4. The van der Waals surface area contributed by atoms with Gasteiger partial charge >= 0.3 is 5.97 Å². The molecule has 1 saturated carbocycles. The summed E-state index contributed by atoms with van der Waals surface area (Å²) in [4.78, 5) is 22.0. The zero-order valence-corrected chi connectivity index (χ0v) is 14.8. The van der Waals surface area contributed by atoms with Gasteiger partial charge in [-0.25, -0.2) is 0 Å². The average molecular weight is 354 g/mol. The number of ether oxygens (including phenoxy) is 2. The van der Waals surface area contributed by atoms with Crippen LogP contribution in [0.3, 0.4) is 0 Å². The Morgan fingerprint density at radius 3 is 2.46 bits per heavy atom. The van der Waals surface area contributed by atoms with Gasteiger partial charge in [0.2, 0.25) is 0 Å². The van der Waals surface area contributed by atoms with Crippen molar-refractivity contribution in [1.82, 2.24) is 0 Å². The highest BCUT2D eigenvalue weighted by atomic mass is 16.5. The average Bonchev–Trinajstić information content (AvgIpc) is 3.39. The first-order valence-corrected chi connectivity index (χ1v) is 8.69. The molecule has 5 heteroatoms. The lowest BCUT2D eigenvalue weighted by molar-refractivity contribution is -0.138. The van der Waals surface area contributed by atoms with Crippen molar-refractivity contribution in [3.05, 3.63) is 48.0 Å². The molecule has 0 saturated heterocycles. The SMILES string of the molecule is CC(C)Oc1cc(C=O)cc(-c2ccc(OCC3CC3C(=O)O)cc2)c1. The van der Waals surface area contributed by atoms with Crippen molar-refractivity contribution >= 4 is 12.3 Å². The van der Waals surface area contributed by atoms with Crippen LogP contribution in [0.4, 0.5) is 0 Å². The van der Waals surface area contributed by atoms with Gasteiger partial charge in [-0.1, -0.05) is 12.1 Å². The molecule has 136 valence electrons. The molecule has 2 unspecified atom stereocenters. The van der Waals surface area contributed by atoms with Crippen LogP contribution in [0.1, 0.15) is 30.6 Å². The molecule has 1 aliphatic carbocycles. The molecule has 2 aromatic carbocycles. The Bertz CT molecular complexity index is 795. The Morgan fingerprint density at radius 2 is 1.88 bits per heavy atom. The largest absolute Gasteiger partial charge is 0.493 e.